The third-order valence-electron chi connectivity index (χ3n) is 3.24. The number of hydrogen-bond acceptors (Lipinski definition) is 2. The number of hydrogen-bond donors (Lipinski definition) is 1. The minimum Gasteiger partial charge on any atom is -0.486 e. The number of aryl methyl sites for hydroxylation is 2. The molecule has 1 N–H and O–H groups in total. The van der Waals surface area contributed by atoms with Gasteiger partial charge in [-0.3, -0.25) is 0 Å². The smallest absolute Gasteiger partial charge is 0.339 e. The summed E-state index contributed by atoms with van der Waals surface area (Å²) in [4.78, 5) is 11.3. The van der Waals surface area contributed by atoms with Crippen LogP contribution in [0.25, 0.3) is 0 Å². The molecule has 0 radical (unpaired) electrons. The van der Waals surface area contributed by atoms with E-state index in [0.29, 0.717) is 0 Å². The van der Waals surface area contributed by atoms with Crippen LogP contribution in [0.15, 0.2) is 30.3 Å². The summed E-state index contributed by atoms with van der Waals surface area (Å²) in [5.74, 6) is -0.993. The van der Waals surface area contributed by atoms with E-state index in [1.54, 1.807) is 0 Å². The third-order valence-corrected chi connectivity index (χ3v) is 3.74. The van der Waals surface area contributed by atoms with Crippen LogP contribution in [0.3, 0.4) is 0 Å². The highest BCUT2D eigenvalue weighted by atomic mass is 35.5. The molecule has 0 saturated carbocycles. The Morgan fingerprint density at radius 2 is 1.81 bits per heavy atom. The molecule has 0 bridgehead atoms. The SMILES string of the molecule is Cc1cccc(C)c1COc1c(Cl)cc(Cl)cc1C(=O)O. The molecule has 21 heavy (non-hydrogen) atoms. The van der Waals surface area contributed by atoms with Gasteiger partial charge in [0.15, 0.2) is 5.75 Å². The standard InChI is InChI=1S/C16H14Cl2O3/c1-9-4-3-5-10(2)13(9)8-21-15-12(16(19)20)6-11(17)7-14(15)18/h3-7H,8H2,1-2H3,(H,19,20). The van der Waals surface area contributed by atoms with Crippen molar-refractivity contribution in [3.05, 3.63) is 62.6 Å². The second kappa shape index (κ2) is 6.37. The molecule has 0 aliphatic carbocycles. The summed E-state index contributed by atoms with van der Waals surface area (Å²) < 4.78 is 5.66. The Bertz CT molecular complexity index is 676. The average molecular weight is 325 g/mol. The number of ether oxygens (including phenoxy) is 1. The Hall–Kier alpha value is -1.71. The molecule has 0 spiro atoms. The Balaban J connectivity index is 2.34. The van der Waals surface area contributed by atoms with Crippen molar-refractivity contribution in [1.82, 2.24) is 0 Å². The number of carbonyl (C=O) groups is 1. The Morgan fingerprint density at radius 1 is 1.19 bits per heavy atom. The summed E-state index contributed by atoms with van der Waals surface area (Å²) in [5, 5.41) is 9.67. The van der Waals surface area contributed by atoms with Gasteiger partial charge >= 0.3 is 5.97 Å². The van der Waals surface area contributed by atoms with Crippen molar-refractivity contribution < 1.29 is 14.6 Å². The van der Waals surface area contributed by atoms with Crippen LogP contribution < -0.4 is 4.74 Å². The van der Waals surface area contributed by atoms with E-state index in [0.717, 1.165) is 16.7 Å². The molecule has 3 nitrogen and oxygen atoms in total. The van der Waals surface area contributed by atoms with Gasteiger partial charge in [-0.05, 0) is 42.7 Å². The summed E-state index contributed by atoms with van der Waals surface area (Å²) in [6, 6.07) is 8.72. The zero-order valence-electron chi connectivity index (χ0n) is 11.6. The van der Waals surface area contributed by atoms with Crippen molar-refractivity contribution in [3.63, 3.8) is 0 Å². The molecule has 2 rings (SSSR count). The maximum atomic E-state index is 11.3. The fourth-order valence-corrected chi connectivity index (χ4v) is 2.63. The van der Waals surface area contributed by atoms with Gasteiger partial charge in [-0.15, -0.1) is 0 Å². The van der Waals surface area contributed by atoms with Gasteiger partial charge in [-0.25, -0.2) is 4.79 Å². The monoisotopic (exact) mass is 324 g/mol. The molecule has 0 amide bonds. The lowest BCUT2D eigenvalue weighted by Crippen LogP contribution is -2.06. The van der Waals surface area contributed by atoms with Gasteiger partial charge in [0, 0.05) is 5.02 Å². The lowest BCUT2D eigenvalue weighted by molar-refractivity contribution is 0.0692. The predicted octanol–water partition coefficient (Wildman–Crippen LogP) is 4.89. The Labute approximate surface area is 133 Å². The molecule has 2 aromatic carbocycles. The second-order valence-corrected chi connectivity index (χ2v) is 5.57. The maximum Gasteiger partial charge on any atom is 0.339 e. The first-order chi connectivity index (χ1) is 9.90. The first kappa shape index (κ1) is 15.7. The summed E-state index contributed by atoms with van der Waals surface area (Å²) in [6.07, 6.45) is 0. The van der Waals surface area contributed by atoms with Crippen molar-refractivity contribution in [3.8, 4) is 5.75 Å². The van der Waals surface area contributed by atoms with Gasteiger partial charge in [0.1, 0.15) is 12.2 Å². The van der Waals surface area contributed by atoms with Crippen molar-refractivity contribution in [2.75, 3.05) is 0 Å². The molecule has 0 saturated heterocycles. The van der Waals surface area contributed by atoms with Crippen LogP contribution in [0.4, 0.5) is 0 Å². The van der Waals surface area contributed by atoms with E-state index in [9.17, 15) is 9.90 Å². The Morgan fingerprint density at radius 3 is 2.38 bits per heavy atom. The number of rotatable bonds is 4. The maximum absolute atomic E-state index is 11.3. The van der Waals surface area contributed by atoms with E-state index in [1.807, 2.05) is 32.0 Å². The number of halogens is 2. The van der Waals surface area contributed by atoms with Gasteiger partial charge in [0.05, 0.1) is 5.02 Å². The summed E-state index contributed by atoms with van der Waals surface area (Å²) in [7, 11) is 0. The molecule has 0 aliphatic rings. The van der Waals surface area contributed by atoms with Gasteiger partial charge in [-0.2, -0.15) is 0 Å². The molecule has 0 aromatic heterocycles. The average Bonchev–Trinajstić information content (AvgIpc) is 2.39. The minimum absolute atomic E-state index is 0.0428. The second-order valence-electron chi connectivity index (χ2n) is 4.73. The molecule has 0 atom stereocenters. The lowest BCUT2D eigenvalue weighted by Gasteiger charge is -2.14. The van der Waals surface area contributed by atoms with Crippen molar-refractivity contribution >= 4 is 29.2 Å². The highest BCUT2D eigenvalue weighted by Crippen LogP contribution is 2.33. The number of carboxylic acid groups (broad SMARTS) is 1. The highest BCUT2D eigenvalue weighted by Gasteiger charge is 2.17. The van der Waals surface area contributed by atoms with Crippen LogP contribution in [-0.4, -0.2) is 11.1 Å². The van der Waals surface area contributed by atoms with E-state index >= 15 is 0 Å². The molecule has 2 aromatic rings. The summed E-state index contributed by atoms with van der Waals surface area (Å²) in [6.45, 7) is 4.21. The molecule has 0 heterocycles. The Kier molecular flexibility index (Phi) is 4.76. The molecular weight excluding hydrogens is 311 g/mol. The van der Waals surface area contributed by atoms with Crippen molar-refractivity contribution in [2.45, 2.75) is 20.5 Å². The predicted molar refractivity (Wildman–Crippen MR) is 83.7 cm³/mol. The molecule has 0 aliphatic heterocycles. The lowest BCUT2D eigenvalue weighted by atomic mass is 10.0. The van der Waals surface area contributed by atoms with Crippen LogP contribution in [0, 0.1) is 13.8 Å². The number of carboxylic acids is 1. The third kappa shape index (κ3) is 3.49. The van der Waals surface area contributed by atoms with Crippen LogP contribution >= 0.6 is 23.2 Å². The normalized spacial score (nSPS) is 10.5. The van der Waals surface area contributed by atoms with E-state index in [1.165, 1.54) is 12.1 Å². The zero-order chi connectivity index (χ0) is 15.6. The van der Waals surface area contributed by atoms with Gasteiger partial charge < -0.3 is 9.84 Å². The highest BCUT2D eigenvalue weighted by molar-refractivity contribution is 6.36. The van der Waals surface area contributed by atoms with Crippen molar-refractivity contribution in [1.29, 1.82) is 0 Å². The van der Waals surface area contributed by atoms with Crippen LogP contribution in [-0.2, 0) is 6.61 Å². The van der Waals surface area contributed by atoms with Gasteiger partial charge in [-0.1, -0.05) is 41.4 Å². The molecule has 0 unspecified atom stereocenters. The number of aromatic carboxylic acids is 1. The number of benzene rings is 2. The fourth-order valence-electron chi connectivity index (χ4n) is 2.09. The zero-order valence-corrected chi connectivity index (χ0v) is 13.1. The summed E-state index contributed by atoms with van der Waals surface area (Å²) in [5.41, 5.74) is 3.13. The minimum atomic E-state index is -1.13. The molecule has 5 heteroatoms. The molecule has 0 fully saturated rings. The van der Waals surface area contributed by atoms with Crippen molar-refractivity contribution in [2.24, 2.45) is 0 Å². The topological polar surface area (TPSA) is 46.5 Å². The quantitative estimate of drug-likeness (QED) is 0.871. The van der Waals surface area contributed by atoms with Crippen LogP contribution in [0.2, 0.25) is 10.0 Å². The first-order valence-electron chi connectivity index (χ1n) is 6.30. The van der Waals surface area contributed by atoms with E-state index < -0.39 is 5.97 Å². The van der Waals surface area contributed by atoms with Crippen LogP contribution in [0.5, 0.6) is 5.75 Å². The largest absolute Gasteiger partial charge is 0.486 e. The van der Waals surface area contributed by atoms with E-state index in [4.69, 9.17) is 27.9 Å². The van der Waals surface area contributed by atoms with Crippen LogP contribution in [0.1, 0.15) is 27.0 Å². The molecular formula is C16H14Cl2O3. The van der Waals surface area contributed by atoms with E-state index in [2.05, 4.69) is 0 Å². The molecule has 110 valence electrons. The van der Waals surface area contributed by atoms with Gasteiger partial charge in [0.2, 0.25) is 0 Å². The van der Waals surface area contributed by atoms with E-state index in [-0.39, 0.29) is 28.0 Å². The first-order valence-corrected chi connectivity index (χ1v) is 7.06. The van der Waals surface area contributed by atoms with Gasteiger partial charge in [0.25, 0.3) is 0 Å². The summed E-state index contributed by atoms with van der Waals surface area (Å²) >= 11 is 11.9. The fraction of sp³-hybridized carbons (Fsp3) is 0.188.